The molecule has 8 heteroatoms. The zero-order valence-corrected chi connectivity index (χ0v) is 24.0. The van der Waals surface area contributed by atoms with Crippen LogP contribution in [0.1, 0.15) is 44.6 Å². The molecule has 1 aromatic rings. The second-order valence-corrected chi connectivity index (χ2v) is 10.5. The van der Waals surface area contributed by atoms with Gasteiger partial charge in [-0.05, 0) is 67.2 Å². The number of likely N-dealkylation sites (tertiary alicyclic amines) is 1. The van der Waals surface area contributed by atoms with Crippen LogP contribution in [0.2, 0.25) is 0 Å². The summed E-state index contributed by atoms with van der Waals surface area (Å²) in [5.41, 5.74) is 5.78. The van der Waals surface area contributed by atoms with Crippen LogP contribution in [-0.2, 0) is 9.47 Å². The van der Waals surface area contributed by atoms with E-state index >= 15 is 0 Å². The van der Waals surface area contributed by atoms with Crippen LogP contribution >= 0.6 is 0 Å². The number of aliphatic hydroxyl groups is 1. The van der Waals surface area contributed by atoms with E-state index in [1.54, 1.807) is 21.3 Å². The number of piperidine rings is 1. The molecule has 40 heavy (non-hydrogen) atoms. The summed E-state index contributed by atoms with van der Waals surface area (Å²) in [4.78, 5) is 14.3. The van der Waals surface area contributed by atoms with Gasteiger partial charge in [-0.2, -0.15) is 0 Å². The summed E-state index contributed by atoms with van der Waals surface area (Å²) in [6, 6.07) is 3.93. The minimum absolute atomic E-state index is 0.334. The molecular weight excluding hydrogens is 504 g/mol. The van der Waals surface area contributed by atoms with Crippen molar-refractivity contribution in [1.29, 1.82) is 0 Å². The van der Waals surface area contributed by atoms with E-state index in [0.717, 1.165) is 71.9 Å². The van der Waals surface area contributed by atoms with Crippen LogP contribution in [0.25, 0.3) is 5.57 Å². The third-order valence-corrected chi connectivity index (χ3v) is 8.33. The molecule has 1 spiro atoms. The molecule has 4 heterocycles. The fourth-order valence-electron chi connectivity index (χ4n) is 6.00. The zero-order chi connectivity index (χ0) is 28.3. The molecule has 3 aliphatic heterocycles. The fourth-order valence-corrected chi connectivity index (χ4v) is 6.00. The van der Waals surface area contributed by atoms with E-state index in [0.29, 0.717) is 25.4 Å². The largest absolute Gasteiger partial charge is 0.501 e. The molecule has 1 aliphatic carbocycles. The summed E-state index contributed by atoms with van der Waals surface area (Å²) in [7, 11) is 4.92. The van der Waals surface area contributed by atoms with Crippen LogP contribution in [0.15, 0.2) is 88.8 Å². The molecule has 1 N–H and O–H groups in total. The third-order valence-electron chi connectivity index (χ3n) is 8.33. The molecule has 0 saturated carbocycles. The Balaban J connectivity index is 1.41. The monoisotopic (exact) mass is 544 g/mol. The van der Waals surface area contributed by atoms with Crippen molar-refractivity contribution in [2.75, 3.05) is 41.0 Å². The van der Waals surface area contributed by atoms with Crippen molar-refractivity contribution in [3.8, 4) is 5.88 Å². The first-order chi connectivity index (χ1) is 19.4. The first-order valence-corrected chi connectivity index (χ1v) is 14.0. The van der Waals surface area contributed by atoms with Crippen LogP contribution in [0, 0.1) is 0 Å². The zero-order valence-electron chi connectivity index (χ0n) is 24.0. The van der Waals surface area contributed by atoms with Gasteiger partial charge in [0.05, 0.1) is 38.5 Å². The number of hydrogen-bond donors (Lipinski definition) is 1. The Labute approximate surface area is 237 Å². The number of pyridine rings is 1. The molecule has 1 aromatic heterocycles. The van der Waals surface area contributed by atoms with E-state index in [-0.39, 0.29) is 5.54 Å². The number of aliphatic imine (C=N–C) groups is 1. The van der Waals surface area contributed by atoms with E-state index in [9.17, 15) is 5.11 Å². The first kappa shape index (κ1) is 27.9. The lowest BCUT2D eigenvalue weighted by atomic mass is 9.82. The van der Waals surface area contributed by atoms with E-state index in [4.69, 9.17) is 19.2 Å². The number of aliphatic hydroxyl groups excluding tert-OH is 1. The van der Waals surface area contributed by atoms with Gasteiger partial charge in [0.25, 0.3) is 0 Å². The van der Waals surface area contributed by atoms with E-state index < -0.39 is 6.23 Å². The minimum Gasteiger partial charge on any atom is -0.501 e. The van der Waals surface area contributed by atoms with Gasteiger partial charge in [0, 0.05) is 49.6 Å². The molecule has 0 aromatic carbocycles. The van der Waals surface area contributed by atoms with Gasteiger partial charge in [0.2, 0.25) is 5.88 Å². The highest BCUT2D eigenvalue weighted by Gasteiger charge is 2.46. The Morgan fingerprint density at radius 3 is 2.55 bits per heavy atom. The summed E-state index contributed by atoms with van der Waals surface area (Å²) in [5, 5.41) is 11.4. The Morgan fingerprint density at radius 2 is 1.90 bits per heavy atom. The molecule has 8 nitrogen and oxygen atoms in total. The standard InChI is InChI=1S/C32H40N4O4/c1-6-23(24-9-12-30(40-5)33-21-24)20-28-22(2)36-15-7-8-29(36)32(34-28)13-16-35(17-14-32)31(37)25-18-26(38-3)10-11-27(19-25)39-4/h8-10,12,18-21,31,37H,2,6-7,11,13-17H2,1,3-5H3/b23-20+. The number of fused-ring (bicyclic) bond motifs is 2. The Bertz CT molecular complexity index is 1310. The number of nitrogens with zero attached hydrogens (tertiary/aromatic N) is 4. The highest BCUT2D eigenvalue weighted by atomic mass is 16.5. The van der Waals surface area contributed by atoms with Gasteiger partial charge in [0.15, 0.2) is 0 Å². The molecule has 5 rings (SSSR count). The number of hydrogen-bond acceptors (Lipinski definition) is 8. The average Bonchev–Trinajstić information content (AvgIpc) is 3.41. The maximum Gasteiger partial charge on any atom is 0.212 e. The summed E-state index contributed by atoms with van der Waals surface area (Å²) >= 11 is 0. The quantitative estimate of drug-likeness (QED) is 0.494. The van der Waals surface area contributed by atoms with Crippen LogP contribution in [0.3, 0.4) is 0 Å². The lowest BCUT2D eigenvalue weighted by molar-refractivity contribution is 0.00800. The number of rotatable bonds is 8. The van der Waals surface area contributed by atoms with Crippen LogP contribution in [-0.4, -0.2) is 78.3 Å². The predicted molar refractivity (Wildman–Crippen MR) is 157 cm³/mol. The van der Waals surface area contributed by atoms with Crippen molar-refractivity contribution in [3.05, 3.63) is 89.3 Å². The van der Waals surface area contributed by atoms with Crippen molar-refractivity contribution in [1.82, 2.24) is 14.8 Å². The molecule has 1 saturated heterocycles. The summed E-state index contributed by atoms with van der Waals surface area (Å²) in [6.45, 7) is 8.94. The van der Waals surface area contributed by atoms with Crippen molar-refractivity contribution in [3.63, 3.8) is 0 Å². The highest BCUT2D eigenvalue weighted by Crippen LogP contribution is 2.44. The summed E-state index contributed by atoms with van der Waals surface area (Å²) < 4.78 is 16.2. The van der Waals surface area contributed by atoms with Gasteiger partial charge in [-0.3, -0.25) is 9.89 Å². The summed E-state index contributed by atoms with van der Waals surface area (Å²) in [5.74, 6) is 2.12. The molecule has 1 fully saturated rings. The van der Waals surface area contributed by atoms with Gasteiger partial charge in [-0.15, -0.1) is 0 Å². The molecule has 0 amide bonds. The van der Waals surface area contributed by atoms with Gasteiger partial charge in [-0.25, -0.2) is 4.98 Å². The van der Waals surface area contributed by atoms with Crippen molar-refractivity contribution < 1.29 is 19.3 Å². The second-order valence-electron chi connectivity index (χ2n) is 10.5. The van der Waals surface area contributed by atoms with Crippen LogP contribution < -0.4 is 4.74 Å². The lowest BCUT2D eigenvalue weighted by Gasteiger charge is -2.47. The highest BCUT2D eigenvalue weighted by molar-refractivity contribution is 6.12. The van der Waals surface area contributed by atoms with Crippen molar-refractivity contribution in [2.24, 2.45) is 4.99 Å². The van der Waals surface area contributed by atoms with Crippen LogP contribution in [0.4, 0.5) is 0 Å². The Hall–Kier alpha value is -3.62. The smallest absolute Gasteiger partial charge is 0.212 e. The molecule has 4 aliphatic rings. The minimum atomic E-state index is -0.760. The predicted octanol–water partition coefficient (Wildman–Crippen LogP) is 4.99. The van der Waals surface area contributed by atoms with Crippen molar-refractivity contribution >= 4 is 11.3 Å². The van der Waals surface area contributed by atoms with Crippen molar-refractivity contribution in [2.45, 2.75) is 50.8 Å². The van der Waals surface area contributed by atoms with Gasteiger partial charge in [-0.1, -0.05) is 19.6 Å². The van der Waals surface area contributed by atoms with E-state index in [1.165, 1.54) is 5.70 Å². The Morgan fingerprint density at radius 1 is 1.10 bits per heavy atom. The van der Waals surface area contributed by atoms with E-state index in [1.807, 2.05) is 36.6 Å². The maximum absolute atomic E-state index is 11.4. The van der Waals surface area contributed by atoms with Gasteiger partial charge < -0.3 is 24.2 Å². The Kier molecular flexibility index (Phi) is 8.28. The molecule has 1 unspecified atom stereocenters. The van der Waals surface area contributed by atoms with Crippen LogP contribution in [0.5, 0.6) is 5.88 Å². The topological polar surface area (TPSA) is 79.7 Å². The number of allylic oxidation sites excluding steroid dienone is 4. The van der Waals surface area contributed by atoms with Gasteiger partial charge in [0.1, 0.15) is 17.5 Å². The lowest BCUT2D eigenvalue weighted by Crippen LogP contribution is -2.52. The molecule has 212 valence electrons. The molecule has 0 bridgehead atoms. The molecule has 0 radical (unpaired) electrons. The summed E-state index contributed by atoms with van der Waals surface area (Å²) in [6.07, 6.45) is 15.5. The molecular formula is C32H40N4O4. The third kappa shape index (κ3) is 5.38. The van der Waals surface area contributed by atoms with E-state index in [2.05, 4.69) is 40.4 Å². The normalized spacial score (nSPS) is 21.9. The number of aromatic nitrogens is 1. The maximum atomic E-state index is 11.4. The second kappa shape index (κ2) is 11.9. The SMILES string of the molecule is C=C1C(/C=C(\CC)c2ccc(OC)nc2)=NC2(CCN(C(O)C3=CC(OC)=CCC(OC)=C3)CC2)C2=CCCN12. The fraction of sp³-hybridized carbons (Fsp3) is 0.438. The first-order valence-electron chi connectivity index (χ1n) is 14.0. The average molecular weight is 545 g/mol. The number of ether oxygens (including phenoxy) is 3. The molecule has 1 atom stereocenters. The number of methoxy groups -OCH3 is 3. The van der Waals surface area contributed by atoms with Gasteiger partial charge >= 0.3 is 0 Å².